The van der Waals surface area contributed by atoms with Gasteiger partial charge in [-0.25, -0.2) is 4.68 Å². The smallest absolute Gasteiger partial charge is 0.233 e. The number of hydrogen-bond donors (Lipinski definition) is 3. The van der Waals surface area contributed by atoms with Gasteiger partial charge in [-0.15, -0.1) is 24.8 Å². The van der Waals surface area contributed by atoms with Gasteiger partial charge in [-0.3, -0.25) is 4.79 Å². The molecule has 0 atom stereocenters. The van der Waals surface area contributed by atoms with E-state index in [9.17, 15) is 4.79 Å². The number of aryl methyl sites for hydroxylation is 1. The molecule has 1 heterocycles. The van der Waals surface area contributed by atoms with Gasteiger partial charge < -0.3 is 16.4 Å². The summed E-state index contributed by atoms with van der Waals surface area (Å²) < 4.78 is 1.73. The first-order valence-corrected chi connectivity index (χ1v) is 7.02. The molecule has 8 heteroatoms. The zero-order valence-corrected chi connectivity index (χ0v) is 14.6. The molecule has 2 rings (SSSR count). The molecule has 0 bridgehead atoms. The first kappa shape index (κ1) is 21.2. The largest absolute Gasteiger partial charge is 0.384 e. The van der Waals surface area contributed by atoms with E-state index >= 15 is 0 Å². The number of likely N-dealkylation sites (N-methyl/N-ethyl adjacent to an activating group) is 1. The van der Waals surface area contributed by atoms with Gasteiger partial charge in [0.2, 0.25) is 5.91 Å². The van der Waals surface area contributed by atoms with Crippen molar-refractivity contribution in [2.45, 2.75) is 12.8 Å². The van der Waals surface area contributed by atoms with Crippen LogP contribution in [-0.4, -0.2) is 35.8 Å². The third-order valence-corrected chi connectivity index (χ3v) is 3.06. The standard InChI is InChI=1S/C15H21N5O.2ClH/c1-17-11-15(21)18-9-5-6-12-10-14(16)20(19-12)13-7-3-2-4-8-13;;/h2-4,7-8,10,17H,5-6,9,11,16H2,1H3,(H,18,21);2*1H. The summed E-state index contributed by atoms with van der Waals surface area (Å²) in [6.07, 6.45) is 1.62. The Bertz CT molecular complexity index is 589. The average Bonchev–Trinajstić information content (AvgIpc) is 2.86. The minimum Gasteiger partial charge on any atom is -0.384 e. The van der Waals surface area contributed by atoms with E-state index in [0.29, 0.717) is 18.9 Å². The number of aromatic nitrogens is 2. The van der Waals surface area contributed by atoms with E-state index in [4.69, 9.17) is 5.73 Å². The highest BCUT2D eigenvalue weighted by Gasteiger charge is 2.06. The summed E-state index contributed by atoms with van der Waals surface area (Å²) in [6.45, 7) is 0.980. The molecule has 1 aromatic heterocycles. The number of hydrogen-bond acceptors (Lipinski definition) is 4. The van der Waals surface area contributed by atoms with Crippen LogP contribution in [0.15, 0.2) is 36.4 Å². The second-order valence-electron chi connectivity index (χ2n) is 4.79. The van der Waals surface area contributed by atoms with Crippen molar-refractivity contribution in [3.8, 4) is 5.69 Å². The molecule has 4 N–H and O–H groups in total. The Labute approximate surface area is 148 Å². The highest BCUT2D eigenvalue weighted by Crippen LogP contribution is 2.14. The molecule has 23 heavy (non-hydrogen) atoms. The summed E-state index contributed by atoms with van der Waals surface area (Å²) >= 11 is 0. The molecule has 0 aliphatic heterocycles. The fraction of sp³-hybridized carbons (Fsp3) is 0.333. The highest BCUT2D eigenvalue weighted by molar-refractivity contribution is 5.85. The van der Waals surface area contributed by atoms with E-state index in [1.807, 2.05) is 36.4 Å². The topological polar surface area (TPSA) is 85.0 Å². The number of carbonyl (C=O) groups is 1. The summed E-state index contributed by atoms with van der Waals surface area (Å²) in [5.41, 5.74) is 7.87. The van der Waals surface area contributed by atoms with Crippen LogP contribution in [0, 0.1) is 0 Å². The molecule has 0 unspecified atom stereocenters. The van der Waals surface area contributed by atoms with Crippen molar-refractivity contribution in [3.05, 3.63) is 42.1 Å². The van der Waals surface area contributed by atoms with Gasteiger partial charge in [0, 0.05) is 12.6 Å². The number of nitrogens with one attached hydrogen (secondary N) is 2. The lowest BCUT2D eigenvalue weighted by Gasteiger charge is -2.04. The number of nitrogen functional groups attached to an aromatic ring is 1. The van der Waals surface area contributed by atoms with Gasteiger partial charge >= 0.3 is 0 Å². The zero-order valence-electron chi connectivity index (χ0n) is 13.0. The summed E-state index contributed by atoms with van der Waals surface area (Å²) in [5.74, 6) is 0.627. The third-order valence-electron chi connectivity index (χ3n) is 3.06. The Hall–Kier alpha value is -1.76. The SMILES string of the molecule is CNCC(=O)NCCCc1cc(N)n(-c2ccccc2)n1.Cl.Cl. The van der Waals surface area contributed by atoms with Gasteiger partial charge in [-0.1, -0.05) is 18.2 Å². The van der Waals surface area contributed by atoms with Gasteiger partial charge in [0.25, 0.3) is 0 Å². The highest BCUT2D eigenvalue weighted by atomic mass is 35.5. The third kappa shape index (κ3) is 6.48. The molecule has 0 radical (unpaired) electrons. The molecule has 0 saturated heterocycles. The molecule has 2 aromatic rings. The van der Waals surface area contributed by atoms with E-state index in [0.717, 1.165) is 24.2 Å². The Balaban J connectivity index is 0.00000242. The van der Waals surface area contributed by atoms with Crippen LogP contribution in [0.4, 0.5) is 5.82 Å². The average molecular weight is 360 g/mol. The predicted octanol–water partition coefficient (Wildman–Crippen LogP) is 1.57. The van der Waals surface area contributed by atoms with Gasteiger partial charge in [0.1, 0.15) is 5.82 Å². The van der Waals surface area contributed by atoms with Crippen molar-refractivity contribution >= 4 is 36.5 Å². The summed E-state index contributed by atoms with van der Waals surface area (Å²) in [7, 11) is 1.75. The molecule has 0 saturated carbocycles. The molecule has 0 fully saturated rings. The van der Waals surface area contributed by atoms with Crippen LogP contribution in [0.1, 0.15) is 12.1 Å². The number of amides is 1. The molecule has 0 aliphatic carbocycles. The Morgan fingerprint density at radius 1 is 1.26 bits per heavy atom. The van der Waals surface area contributed by atoms with Crippen LogP contribution in [0.2, 0.25) is 0 Å². The first-order chi connectivity index (χ1) is 10.2. The van der Waals surface area contributed by atoms with Crippen LogP contribution >= 0.6 is 24.8 Å². The lowest BCUT2D eigenvalue weighted by molar-refractivity contribution is -0.120. The van der Waals surface area contributed by atoms with Gasteiger partial charge in [-0.05, 0) is 32.0 Å². The minimum absolute atomic E-state index is 0. The number of nitrogens with two attached hydrogens (primary N) is 1. The van der Waals surface area contributed by atoms with Crippen LogP contribution in [0.3, 0.4) is 0 Å². The lowest BCUT2D eigenvalue weighted by Crippen LogP contribution is -2.32. The van der Waals surface area contributed by atoms with E-state index < -0.39 is 0 Å². The number of carbonyl (C=O) groups excluding carboxylic acids is 1. The van der Waals surface area contributed by atoms with E-state index in [1.54, 1.807) is 11.7 Å². The number of anilines is 1. The van der Waals surface area contributed by atoms with Crippen LogP contribution in [-0.2, 0) is 11.2 Å². The summed E-state index contributed by atoms with van der Waals surface area (Å²) in [6, 6.07) is 11.7. The van der Waals surface area contributed by atoms with Crippen molar-refractivity contribution in [1.82, 2.24) is 20.4 Å². The van der Waals surface area contributed by atoms with Crippen molar-refractivity contribution in [2.75, 3.05) is 25.9 Å². The van der Waals surface area contributed by atoms with Crippen molar-refractivity contribution in [3.63, 3.8) is 0 Å². The monoisotopic (exact) mass is 359 g/mol. The molecule has 1 amide bonds. The van der Waals surface area contributed by atoms with E-state index in [1.165, 1.54) is 0 Å². The molecule has 1 aromatic carbocycles. The second kappa shape index (κ2) is 10.9. The molecule has 0 aliphatic rings. The Morgan fingerprint density at radius 3 is 2.61 bits per heavy atom. The molecular weight excluding hydrogens is 337 g/mol. The number of halogens is 2. The van der Waals surface area contributed by atoms with Gasteiger partial charge in [0.05, 0.1) is 17.9 Å². The number of benzene rings is 1. The second-order valence-corrected chi connectivity index (χ2v) is 4.79. The minimum atomic E-state index is 0. The summed E-state index contributed by atoms with van der Waals surface area (Å²) in [5, 5.41) is 10.2. The van der Waals surface area contributed by atoms with Crippen molar-refractivity contribution in [2.24, 2.45) is 0 Å². The number of nitrogens with zero attached hydrogens (tertiary/aromatic N) is 2. The van der Waals surface area contributed by atoms with Crippen LogP contribution < -0.4 is 16.4 Å². The van der Waals surface area contributed by atoms with E-state index in [-0.39, 0.29) is 30.7 Å². The molecule has 128 valence electrons. The Kier molecular flexibility index (Phi) is 10.0. The zero-order chi connectivity index (χ0) is 15.1. The van der Waals surface area contributed by atoms with Gasteiger partial charge in [-0.2, -0.15) is 5.10 Å². The van der Waals surface area contributed by atoms with Gasteiger partial charge in [0.15, 0.2) is 0 Å². The fourth-order valence-corrected chi connectivity index (χ4v) is 2.07. The first-order valence-electron chi connectivity index (χ1n) is 7.02. The molecular formula is C15H23Cl2N5O. The number of para-hydroxylation sites is 1. The molecule has 0 spiro atoms. The number of rotatable bonds is 7. The van der Waals surface area contributed by atoms with E-state index in [2.05, 4.69) is 15.7 Å². The quantitative estimate of drug-likeness (QED) is 0.655. The van der Waals surface area contributed by atoms with Crippen molar-refractivity contribution in [1.29, 1.82) is 0 Å². The lowest BCUT2D eigenvalue weighted by atomic mass is 10.2. The summed E-state index contributed by atoms with van der Waals surface area (Å²) in [4.78, 5) is 11.3. The van der Waals surface area contributed by atoms with Crippen LogP contribution in [0.5, 0.6) is 0 Å². The Morgan fingerprint density at radius 2 is 1.96 bits per heavy atom. The maximum absolute atomic E-state index is 11.3. The maximum atomic E-state index is 11.3. The molecule has 6 nitrogen and oxygen atoms in total. The fourth-order valence-electron chi connectivity index (χ4n) is 2.07. The maximum Gasteiger partial charge on any atom is 0.233 e. The predicted molar refractivity (Wildman–Crippen MR) is 97.7 cm³/mol. The normalized spacial score (nSPS) is 9.61. The van der Waals surface area contributed by atoms with Crippen LogP contribution in [0.25, 0.3) is 5.69 Å². The van der Waals surface area contributed by atoms with Crippen molar-refractivity contribution < 1.29 is 4.79 Å².